The fraction of sp³-hybridized carbons (Fsp3) is 0.556. The van der Waals surface area contributed by atoms with E-state index in [4.69, 9.17) is 14.0 Å². The minimum Gasteiger partial charge on any atom is -0.477 e. The number of rotatable bonds is 6. The first-order valence-corrected chi connectivity index (χ1v) is 8.72. The van der Waals surface area contributed by atoms with Gasteiger partial charge in [0.1, 0.15) is 11.6 Å². The molecular weight excluding hydrogens is 336 g/mol. The number of hydrogen-bond donors (Lipinski definition) is 1. The number of ether oxygens (including phenoxy) is 2. The summed E-state index contributed by atoms with van der Waals surface area (Å²) >= 11 is 0. The molecule has 0 saturated heterocycles. The van der Waals surface area contributed by atoms with Gasteiger partial charge in [0.2, 0.25) is 17.6 Å². The highest BCUT2D eigenvalue weighted by molar-refractivity contribution is 5.68. The first kappa shape index (κ1) is 18.2. The van der Waals surface area contributed by atoms with Gasteiger partial charge in [-0.15, -0.1) is 0 Å². The second-order valence-electron chi connectivity index (χ2n) is 7.46. The van der Waals surface area contributed by atoms with Crippen molar-refractivity contribution < 1.29 is 18.8 Å². The summed E-state index contributed by atoms with van der Waals surface area (Å²) in [7, 11) is 0. The van der Waals surface area contributed by atoms with E-state index >= 15 is 0 Å². The number of carbonyl (C=O) groups is 1. The second kappa shape index (κ2) is 7.31. The van der Waals surface area contributed by atoms with Gasteiger partial charge in [-0.3, -0.25) is 0 Å². The lowest BCUT2D eigenvalue weighted by Crippen LogP contribution is -2.34. The smallest absolute Gasteiger partial charge is 0.408 e. The van der Waals surface area contributed by atoms with Crippen LogP contribution in [0.15, 0.2) is 22.9 Å². The average Bonchev–Trinajstić information content (AvgIpc) is 3.25. The molecule has 3 rings (SSSR count). The Morgan fingerprint density at radius 1 is 1.42 bits per heavy atom. The number of amides is 1. The van der Waals surface area contributed by atoms with Crippen molar-refractivity contribution in [3.05, 3.63) is 24.2 Å². The van der Waals surface area contributed by atoms with Gasteiger partial charge in [-0.1, -0.05) is 5.16 Å². The molecule has 0 unspecified atom stereocenters. The zero-order valence-corrected chi connectivity index (χ0v) is 15.5. The van der Waals surface area contributed by atoms with Crippen LogP contribution in [0.25, 0.3) is 11.4 Å². The number of hydrogen-bond acceptors (Lipinski definition) is 7. The zero-order chi connectivity index (χ0) is 18.7. The molecule has 0 aliphatic heterocycles. The van der Waals surface area contributed by atoms with Crippen molar-refractivity contribution in [2.75, 3.05) is 6.61 Å². The Kier molecular flexibility index (Phi) is 5.11. The molecule has 140 valence electrons. The Bertz CT molecular complexity index is 765. The van der Waals surface area contributed by atoms with E-state index in [1.54, 1.807) is 46.0 Å². The summed E-state index contributed by atoms with van der Waals surface area (Å²) in [6.45, 7) is 7.83. The molecule has 2 aromatic heterocycles. The highest BCUT2D eigenvalue weighted by Crippen LogP contribution is 2.29. The van der Waals surface area contributed by atoms with E-state index in [0.29, 0.717) is 30.1 Å². The second-order valence-corrected chi connectivity index (χ2v) is 7.46. The van der Waals surface area contributed by atoms with E-state index in [2.05, 4.69) is 20.4 Å². The SMILES string of the molecule is C[C@H](NC(=O)OC(C)(C)C)c1nc(-c2ccnc(OCC3CC3)c2)no1. The van der Waals surface area contributed by atoms with Gasteiger partial charge in [0, 0.05) is 17.8 Å². The molecular formula is C18H24N4O4. The summed E-state index contributed by atoms with van der Waals surface area (Å²) in [4.78, 5) is 20.4. The third kappa shape index (κ3) is 5.18. The summed E-state index contributed by atoms with van der Waals surface area (Å²) < 4.78 is 16.2. The van der Waals surface area contributed by atoms with Gasteiger partial charge in [-0.05, 0) is 52.5 Å². The van der Waals surface area contributed by atoms with E-state index in [0.717, 1.165) is 5.56 Å². The highest BCUT2D eigenvalue weighted by Gasteiger charge is 2.23. The molecule has 26 heavy (non-hydrogen) atoms. The highest BCUT2D eigenvalue weighted by atomic mass is 16.6. The largest absolute Gasteiger partial charge is 0.477 e. The van der Waals surface area contributed by atoms with Crippen LogP contribution in [0.3, 0.4) is 0 Å². The number of nitrogens with zero attached hydrogens (tertiary/aromatic N) is 3. The van der Waals surface area contributed by atoms with Crippen LogP contribution in [-0.2, 0) is 4.74 Å². The Labute approximate surface area is 152 Å². The predicted octanol–water partition coefficient (Wildman–Crippen LogP) is 3.51. The predicted molar refractivity (Wildman–Crippen MR) is 93.5 cm³/mol. The molecule has 1 saturated carbocycles. The summed E-state index contributed by atoms with van der Waals surface area (Å²) in [5.74, 6) is 1.90. The van der Waals surface area contributed by atoms with Gasteiger partial charge in [0.25, 0.3) is 0 Å². The monoisotopic (exact) mass is 360 g/mol. The molecule has 0 aromatic carbocycles. The minimum atomic E-state index is -0.572. The first-order chi connectivity index (χ1) is 12.3. The normalized spacial score (nSPS) is 15.4. The Hall–Kier alpha value is -2.64. The van der Waals surface area contributed by atoms with Gasteiger partial charge in [0.15, 0.2) is 0 Å². The van der Waals surface area contributed by atoms with Crippen LogP contribution < -0.4 is 10.1 Å². The standard InChI is InChI=1S/C18H24N4O4/c1-11(20-17(23)25-18(2,3)4)16-21-15(22-26-16)13-7-8-19-14(9-13)24-10-12-5-6-12/h7-9,11-12H,5-6,10H2,1-4H3,(H,20,23)/t11-/m0/s1. The molecule has 1 N–H and O–H groups in total. The molecule has 1 aliphatic carbocycles. The summed E-state index contributed by atoms with van der Waals surface area (Å²) in [6.07, 6.45) is 3.55. The number of carbonyl (C=O) groups excluding carboxylic acids is 1. The molecule has 8 nitrogen and oxygen atoms in total. The number of alkyl carbamates (subject to hydrolysis) is 1. The maximum atomic E-state index is 11.8. The first-order valence-electron chi connectivity index (χ1n) is 8.72. The van der Waals surface area contributed by atoms with Crippen molar-refractivity contribution in [2.24, 2.45) is 5.92 Å². The topological polar surface area (TPSA) is 99.4 Å². The zero-order valence-electron chi connectivity index (χ0n) is 15.5. The molecule has 8 heteroatoms. The van der Waals surface area contributed by atoms with Crippen LogP contribution in [0.5, 0.6) is 5.88 Å². The number of nitrogens with one attached hydrogen (secondary N) is 1. The van der Waals surface area contributed by atoms with Gasteiger partial charge < -0.3 is 19.3 Å². The Morgan fingerprint density at radius 2 is 2.19 bits per heavy atom. The van der Waals surface area contributed by atoms with E-state index in [-0.39, 0.29) is 0 Å². The van der Waals surface area contributed by atoms with Crippen molar-refractivity contribution in [1.82, 2.24) is 20.4 Å². The number of aromatic nitrogens is 3. The van der Waals surface area contributed by atoms with E-state index in [9.17, 15) is 4.79 Å². The van der Waals surface area contributed by atoms with Crippen LogP contribution in [0.4, 0.5) is 4.79 Å². The lowest BCUT2D eigenvalue weighted by molar-refractivity contribution is 0.0499. The van der Waals surface area contributed by atoms with Crippen molar-refractivity contribution >= 4 is 6.09 Å². The molecule has 0 spiro atoms. The average molecular weight is 360 g/mol. The van der Waals surface area contributed by atoms with Crippen molar-refractivity contribution in [1.29, 1.82) is 0 Å². The fourth-order valence-corrected chi connectivity index (χ4v) is 2.19. The van der Waals surface area contributed by atoms with Gasteiger partial charge in [0.05, 0.1) is 6.61 Å². The summed E-state index contributed by atoms with van der Waals surface area (Å²) in [6, 6.07) is 3.09. The van der Waals surface area contributed by atoms with Crippen LogP contribution in [0.1, 0.15) is 52.5 Å². The maximum absolute atomic E-state index is 11.8. The molecule has 0 radical (unpaired) electrons. The molecule has 1 fully saturated rings. The molecule has 1 atom stereocenters. The van der Waals surface area contributed by atoms with Crippen molar-refractivity contribution in [3.63, 3.8) is 0 Å². The van der Waals surface area contributed by atoms with E-state index in [1.807, 2.05) is 0 Å². The lowest BCUT2D eigenvalue weighted by Gasteiger charge is -2.20. The quantitative estimate of drug-likeness (QED) is 0.841. The Morgan fingerprint density at radius 3 is 2.88 bits per heavy atom. The molecule has 0 bridgehead atoms. The molecule has 1 amide bonds. The molecule has 2 aromatic rings. The van der Waals surface area contributed by atoms with Crippen LogP contribution in [-0.4, -0.2) is 33.4 Å². The third-order valence-corrected chi connectivity index (χ3v) is 3.70. The van der Waals surface area contributed by atoms with E-state index < -0.39 is 17.7 Å². The Balaban J connectivity index is 1.63. The lowest BCUT2D eigenvalue weighted by atomic mass is 10.2. The van der Waals surface area contributed by atoms with Gasteiger partial charge in [-0.25, -0.2) is 9.78 Å². The number of pyridine rings is 1. The van der Waals surface area contributed by atoms with Crippen molar-refractivity contribution in [2.45, 2.75) is 52.2 Å². The van der Waals surface area contributed by atoms with Crippen LogP contribution in [0.2, 0.25) is 0 Å². The van der Waals surface area contributed by atoms with E-state index in [1.165, 1.54) is 12.8 Å². The van der Waals surface area contributed by atoms with Crippen LogP contribution >= 0.6 is 0 Å². The maximum Gasteiger partial charge on any atom is 0.408 e. The van der Waals surface area contributed by atoms with Crippen LogP contribution in [0, 0.1) is 5.92 Å². The fourth-order valence-electron chi connectivity index (χ4n) is 2.19. The summed E-state index contributed by atoms with van der Waals surface area (Å²) in [5, 5.41) is 6.65. The van der Waals surface area contributed by atoms with Gasteiger partial charge >= 0.3 is 6.09 Å². The van der Waals surface area contributed by atoms with Gasteiger partial charge in [-0.2, -0.15) is 4.98 Å². The minimum absolute atomic E-state index is 0.295. The third-order valence-electron chi connectivity index (χ3n) is 3.70. The molecule has 2 heterocycles. The van der Waals surface area contributed by atoms with Crippen molar-refractivity contribution in [3.8, 4) is 17.3 Å². The summed E-state index contributed by atoms with van der Waals surface area (Å²) in [5.41, 5.74) is 0.169. The molecule has 1 aliphatic rings.